The topological polar surface area (TPSA) is 78.7 Å². The van der Waals surface area contributed by atoms with E-state index in [1.165, 1.54) is 0 Å². The van der Waals surface area contributed by atoms with Crippen LogP contribution in [0.3, 0.4) is 0 Å². The van der Waals surface area contributed by atoms with E-state index >= 15 is 0 Å². The maximum atomic E-state index is 11.9. The van der Waals surface area contributed by atoms with E-state index in [-0.39, 0.29) is 6.61 Å². The van der Waals surface area contributed by atoms with Gasteiger partial charge in [0, 0.05) is 0 Å². The van der Waals surface area contributed by atoms with E-state index in [0.29, 0.717) is 16.9 Å². The second-order valence-corrected chi connectivity index (χ2v) is 4.40. The first kappa shape index (κ1) is 14.5. The Bertz CT molecular complexity index is 634. The van der Waals surface area contributed by atoms with Gasteiger partial charge in [-0.15, -0.1) is 10.1 Å². The lowest BCUT2D eigenvalue weighted by molar-refractivity contribution is -0.763. The zero-order valence-electron chi connectivity index (χ0n) is 11.3. The van der Waals surface area contributed by atoms with Crippen molar-refractivity contribution in [1.82, 2.24) is 0 Å². The molecule has 21 heavy (non-hydrogen) atoms. The van der Waals surface area contributed by atoms with Crippen molar-refractivity contribution >= 4 is 5.97 Å². The van der Waals surface area contributed by atoms with Gasteiger partial charge in [-0.25, -0.2) is 4.79 Å². The molecule has 0 aromatic heterocycles. The summed E-state index contributed by atoms with van der Waals surface area (Å²) in [5.74, 6) is -0.0882. The van der Waals surface area contributed by atoms with Crippen LogP contribution in [0.25, 0.3) is 0 Å². The number of esters is 1. The lowest BCUT2D eigenvalue weighted by atomic mass is 10.1. The molecule has 0 saturated carbocycles. The van der Waals surface area contributed by atoms with Gasteiger partial charge in [0.2, 0.25) is 0 Å². The van der Waals surface area contributed by atoms with E-state index in [1.807, 2.05) is 19.1 Å². The van der Waals surface area contributed by atoms with Crippen LogP contribution in [-0.4, -0.2) is 11.1 Å². The van der Waals surface area contributed by atoms with Crippen LogP contribution in [-0.2, 0) is 11.4 Å². The van der Waals surface area contributed by atoms with E-state index in [9.17, 15) is 14.9 Å². The molecule has 0 spiro atoms. The highest BCUT2D eigenvalue weighted by Gasteiger charge is 2.08. The van der Waals surface area contributed by atoms with Crippen LogP contribution in [0.2, 0.25) is 0 Å². The Morgan fingerprint density at radius 3 is 2.29 bits per heavy atom. The molecule has 6 heteroatoms. The van der Waals surface area contributed by atoms with Crippen molar-refractivity contribution in [3.05, 3.63) is 75.3 Å². The molecule has 0 bridgehead atoms. The third kappa shape index (κ3) is 4.31. The Kier molecular flexibility index (Phi) is 4.50. The molecule has 0 radical (unpaired) electrons. The lowest BCUT2D eigenvalue weighted by Gasteiger charge is -2.05. The number of carbonyl (C=O) groups is 1. The van der Waals surface area contributed by atoms with Crippen LogP contribution >= 0.6 is 0 Å². The highest BCUT2D eigenvalue weighted by atomic mass is 16.9. The summed E-state index contributed by atoms with van der Waals surface area (Å²) in [6, 6.07) is 13.4. The monoisotopic (exact) mass is 287 g/mol. The van der Waals surface area contributed by atoms with Crippen molar-refractivity contribution in [2.24, 2.45) is 0 Å². The van der Waals surface area contributed by atoms with Gasteiger partial charge >= 0.3 is 5.97 Å². The van der Waals surface area contributed by atoms with Gasteiger partial charge in [0.1, 0.15) is 12.4 Å². The van der Waals surface area contributed by atoms with Crippen molar-refractivity contribution in [2.75, 3.05) is 0 Å². The summed E-state index contributed by atoms with van der Waals surface area (Å²) in [5.41, 5.74) is 2.13. The fraction of sp³-hybridized carbons (Fsp3) is 0.133. The van der Waals surface area contributed by atoms with Crippen LogP contribution in [0.5, 0.6) is 5.75 Å². The number of hydrogen-bond acceptors (Lipinski definition) is 5. The molecule has 2 rings (SSSR count). The van der Waals surface area contributed by atoms with Gasteiger partial charge in [0.25, 0.3) is 5.09 Å². The molecule has 6 nitrogen and oxygen atoms in total. The number of hydrogen-bond donors (Lipinski definition) is 0. The maximum Gasteiger partial charge on any atom is 0.343 e. The standard InChI is InChI=1S/C15H13NO5/c1-11-2-6-13(7-3-11)15(17)21-14-8-4-12(5-9-14)10-20-16(18)19/h2-9H,10H2,1H3. The number of ether oxygens (including phenoxy) is 1. The van der Waals surface area contributed by atoms with Crippen molar-refractivity contribution in [3.63, 3.8) is 0 Å². The number of benzene rings is 2. The summed E-state index contributed by atoms with van der Waals surface area (Å²) in [4.78, 5) is 26.2. The number of carbonyl (C=O) groups excluding carboxylic acids is 1. The number of nitrogens with zero attached hydrogens (tertiary/aromatic N) is 1. The molecule has 0 aliphatic carbocycles. The third-order valence-corrected chi connectivity index (χ3v) is 2.76. The fourth-order valence-electron chi connectivity index (χ4n) is 1.64. The molecular formula is C15H13NO5. The molecule has 0 amide bonds. The van der Waals surface area contributed by atoms with Gasteiger partial charge in [-0.1, -0.05) is 29.8 Å². The van der Waals surface area contributed by atoms with E-state index in [1.54, 1.807) is 36.4 Å². The summed E-state index contributed by atoms with van der Waals surface area (Å²) in [6.07, 6.45) is 0. The molecule has 0 heterocycles. The number of rotatable bonds is 5. The largest absolute Gasteiger partial charge is 0.423 e. The van der Waals surface area contributed by atoms with Crippen molar-refractivity contribution in [1.29, 1.82) is 0 Å². The Hall–Kier alpha value is -2.89. The Morgan fingerprint density at radius 2 is 1.71 bits per heavy atom. The van der Waals surface area contributed by atoms with Crippen LogP contribution in [0.15, 0.2) is 48.5 Å². The minimum absolute atomic E-state index is 0.140. The summed E-state index contributed by atoms with van der Waals surface area (Å²) >= 11 is 0. The predicted octanol–water partition coefficient (Wildman–Crippen LogP) is 2.92. The first-order valence-electron chi connectivity index (χ1n) is 6.20. The van der Waals surface area contributed by atoms with Gasteiger partial charge < -0.3 is 9.57 Å². The molecule has 2 aromatic carbocycles. The highest BCUT2D eigenvalue weighted by Crippen LogP contribution is 2.15. The second kappa shape index (κ2) is 6.51. The summed E-state index contributed by atoms with van der Waals surface area (Å²) in [7, 11) is 0. The van der Waals surface area contributed by atoms with Gasteiger partial charge in [0.15, 0.2) is 0 Å². The Balaban J connectivity index is 1.98. The van der Waals surface area contributed by atoms with E-state index < -0.39 is 11.1 Å². The quantitative estimate of drug-likeness (QED) is 0.365. The molecule has 108 valence electrons. The molecule has 0 saturated heterocycles. The van der Waals surface area contributed by atoms with Crippen molar-refractivity contribution in [2.45, 2.75) is 13.5 Å². The van der Waals surface area contributed by atoms with Crippen LogP contribution in [0.4, 0.5) is 0 Å². The second-order valence-electron chi connectivity index (χ2n) is 4.40. The molecular weight excluding hydrogens is 274 g/mol. The Labute approximate surface area is 121 Å². The molecule has 0 fully saturated rings. The molecule has 2 aromatic rings. The normalized spacial score (nSPS) is 9.95. The molecule has 0 aliphatic heterocycles. The first-order valence-corrected chi connectivity index (χ1v) is 6.20. The van der Waals surface area contributed by atoms with Crippen LogP contribution < -0.4 is 4.74 Å². The average molecular weight is 287 g/mol. The maximum absolute atomic E-state index is 11.9. The van der Waals surface area contributed by atoms with Gasteiger partial charge in [-0.2, -0.15) is 0 Å². The smallest absolute Gasteiger partial charge is 0.343 e. The van der Waals surface area contributed by atoms with Crippen LogP contribution in [0.1, 0.15) is 21.5 Å². The van der Waals surface area contributed by atoms with Crippen molar-refractivity contribution < 1.29 is 19.5 Å². The predicted molar refractivity (Wildman–Crippen MR) is 74.4 cm³/mol. The van der Waals surface area contributed by atoms with Crippen LogP contribution in [0, 0.1) is 17.0 Å². The fourth-order valence-corrected chi connectivity index (χ4v) is 1.64. The first-order chi connectivity index (χ1) is 10.0. The van der Waals surface area contributed by atoms with Gasteiger partial charge in [-0.05, 0) is 36.8 Å². The van der Waals surface area contributed by atoms with E-state index in [4.69, 9.17) is 4.74 Å². The van der Waals surface area contributed by atoms with Gasteiger partial charge in [-0.3, -0.25) is 0 Å². The Morgan fingerprint density at radius 1 is 1.10 bits per heavy atom. The minimum Gasteiger partial charge on any atom is -0.423 e. The third-order valence-electron chi connectivity index (χ3n) is 2.76. The SMILES string of the molecule is Cc1ccc(C(=O)Oc2ccc(CO[N+](=O)[O-])cc2)cc1. The zero-order valence-corrected chi connectivity index (χ0v) is 11.3. The van der Waals surface area contributed by atoms with Crippen molar-refractivity contribution in [3.8, 4) is 5.75 Å². The number of aryl methyl sites for hydroxylation is 1. The molecule has 0 N–H and O–H groups in total. The molecule has 0 unspecified atom stereocenters. The molecule has 0 atom stereocenters. The summed E-state index contributed by atoms with van der Waals surface area (Å²) < 4.78 is 5.21. The van der Waals surface area contributed by atoms with Gasteiger partial charge in [0.05, 0.1) is 5.56 Å². The summed E-state index contributed by atoms with van der Waals surface area (Å²) in [5, 5.41) is 9.22. The summed E-state index contributed by atoms with van der Waals surface area (Å²) in [6.45, 7) is 1.79. The molecule has 0 aliphatic rings. The lowest BCUT2D eigenvalue weighted by Crippen LogP contribution is -2.08. The highest BCUT2D eigenvalue weighted by molar-refractivity contribution is 5.91. The minimum atomic E-state index is -0.856. The van der Waals surface area contributed by atoms with E-state index in [0.717, 1.165) is 5.56 Å². The zero-order chi connectivity index (χ0) is 15.2. The van der Waals surface area contributed by atoms with E-state index in [2.05, 4.69) is 4.84 Å². The average Bonchev–Trinajstić information content (AvgIpc) is 2.47.